The predicted molar refractivity (Wildman–Crippen MR) is 88.2 cm³/mol. The van der Waals surface area contributed by atoms with Crippen LogP contribution in [0.4, 0.5) is 4.39 Å². The number of unbranched alkanes of at least 4 members (excludes halogenated alkanes) is 1. The molecule has 1 N–H and O–H groups in total. The summed E-state index contributed by atoms with van der Waals surface area (Å²) in [5.74, 6) is 0.0902. The molecule has 0 radical (unpaired) electrons. The number of H-pyrrole nitrogens is 1. The van der Waals surface area contributed by atoms with Crippen LogP contribution < -0.4 is 10.3 Å². The van der Waals surface area contributed by atoms with Gasteiger partial charge < -0.3 is 9.72 Å². The van der Waals surface area contributed by atoms with E-state index in [2.05, 4.69) is 9.97 Å². The van der Waals surface area contributed by atoms with Gasteiger partial charge in [-0.05, 0) is 36.8 Å². The Morgan fingerprint density at radius 2 is 2.04 bits per heavy atom. The lowest BCUT2D eigenvalue weighted by Crippen LogP contribution is -2.09. The van der Waals surface area contributed by atoms with E-state index in [1.54, 1.807) is 30.3 Å². The number of fused-ring (bicyclic) bond motifs is 1. The number of ether oxygens (including phenoxy) is 1. The molecule has 0 atom stereocenters. The predicted octanol–water partition coefficient (Wildman–Crippen LogP) is 3.91. The number of nitrogens with one attached hydrogen (secondary N) is 1. The fraction of sp³-hybridized carbons (Fsp3) is 0.222. The molecule has 4 nitrogen and oxygen atoms in total. The summed E-state index contributed by atoms with van der Waals surface area (Å²) in [6.07, 6.45) is 1.86. The topological polar surface area (TPSA) is 55.0 Å². The molecular weight excluding hydrogens is 295 g/mol. The van der Waals surface area contributed by atoms with E-state index in [4.69, 9.17) is 4.74 Å². The third-order valence-corrected chi connectivity index (χ3v) is 3.57. The second-order valence-corrected chi connectivity index (χ2v) is 5.28. The van der Waals surface area contributed by atoms with Gasteiger partial charge in [0.05, 0.1) is 17.5 Å². The lowest BCUT2D eigenvalue weighted by molar-refractivity contribution is 0.294. The van der Waals surface area contributed by atoms with E-state index in [0.29, 0.717) is 28.9 Å². The molecular formula is C18H17FN2O2. The van der Waals surface area contributed by atoms with Gasteiger partial charge in [0.2, 0.25) is 0 Å². The monoisotopic (exact) mass is 312 g/mol. The number of rotatable bonds is 5. The van der Waals surface area contributed by atoms with Crippen LogP contribution in [-0.4, -0.2) is 16.6 Å². The third kappa shape index (κ3) is 3.23. The number of hydrogen-bond donors (Lipinski definition) is 1. The zero-order valence-corrected chi connectivity index (χ0v) is 12.8. The molecule has 3 rings (SSSR count). The van der Waals surface area contributed by atoms with Crippen molar-refractivity contribution in [2.45, 2.75) is 19.8 Å². The Hall–Kier alpha value is -2.69. The molecule has 0 unspecified atom stereocenters. The van der Waals surface area contributed by atoms with Gasteiger partial charge >= 0.3 is 0 Å². The highest BCUT2D eigenvalue weighted by molar-refractivity contribution is 5.79. The van der Waals surface area contributed by atoms with Crippen LogP contribution >= 0.6 is 0 Å². The lowest BCUT2D eigenvalue weighted by Gasteiger charge is -2.08. The number of nitrogens with zero attached hydrogens (tertiary/aromatic N) is 1. The van der Waals surface area contributed by atoms with E-state index in [-0.39, 0.29) is 11.3 Å². The number of aromatic amines is 1. The largest absolute Gasteiger partial charge is 0.491 e. The average molecular weight is 312 g/mol. The summed E-state index contributed by atoms with van der Waals surface area (Å²) in [5, 5.41) is 0.510. The molecule has 5 heteroatoms. The minimum atomic E-state index is -0.464. The van der Waals surface area contributed by atoms with Gasteiger partial charge in [0.25, 0.3) is 5.56 Å². The van der Waals surface area contributed by atoms with Gasteiger partial charge in [-0.3, -0.25) is 4.79 Å². The van der Waals surface area contributed by atoms with Gasteiger partial charge in [-0.2, -0.15) is 0 Å². The molecule has 2 aromatic carbocycles. The Morgan fingerprint density at radius 1 is 1.22 bits per heavy atom. The first kappa shape index (κ1) is 15.2. The Labute approximate surface area is 133 Å². The van der Waals surface area contributed by atoms with Crippen LogP contribution in [0.1, 0.15) is 19.8 Å². The first-order chi connectivity index (χ1) is 11.2. The Kier molecular flexibility index (Phi) is 4.37. The zero-order chi connectivity index (χ0) is 16.2. The summed E-state index contributed by atoms with van der Waals surface area (Å²) in [7, 11) is 0. The number of para-hydroxylation sites is 1. The van der Waals surface area contributed by atoms with Crippen molar-refractivity contribution < 1.29 is 9.13 Å². The fourth-order valence-corrected chi connectivity index (χ4v) is 2.31. The first-order valence-corrected chi connectivity index (χ1v) is 7.61. The van der Waals surface area contributed by atoms with E-state index in [0.717, 1.165) is 12.8 Å². The number of benzene rings is 2. The molecule has 0 fully saturated rings. The van der Waals surface area contributed by atoms with Crippen LogP contribution in [0.25, 0.3) is 22.3 Å². The molecule has 1 heterocycles. The number of aromatic nitrogens is 2. The van der Waals surface area contributed by atoms with E-state index in [1.807, 2.05) is 13.0 Å². The van der Waals surface area contributed by atoms with Gasteiger partial charge in [0, 0.05) is 5.56 Å². The summed E-state index contributed by atoms with van der Waals surface area (Å²) in [6, 6.07) is 11.6. The molecule has 3 aromatic rings. The summed E-state index contributed by atoms with van der Waals surface area (Å²) < 4.78 is 19.5. The highest BCUT2D eigenvalue weighted by Crippen LogP contribution is 2.24. The van der Waals surface area contributed by atoms with Gasteiger partial charge in [-0.1, -0.05) is 25.5 Å². The van der Waals surface area contributed by atoms with E-state index < -0.39 is 5.82 Å². The quantitative estimate of drug-likeness (QED) is 0.727. The third-order valence-electron chi connectivity index (χ3n) is 3.57. The molecule has 0 aliphatic rings. The molecule has 0 aliphatic carbocycles. The highest BCUT2D eigenvalue weighted by atomic mass is 19.1. The molecule has 0 aliphatic heterocycles. The van der Waals surface area contributed by atoms with E-state index in [1.165, 1.54) is 6.07 Å². The van der Waals surface area contributed by atoms with E-state index in [9.17, 15) is 9.18 Å². The summed E-state index contributed by atoms with van der Waals surface area (Å²) in [4.78, 5) is 19.2. The molecule has 0 spiro atoms. The van der Waals surface area contributed by atoms with Crippen LogP contribution in [0, 0.1) is 5.82 Å². The lowest BCUT2D eigenvalue weighted by atomic mass is 10.1. The molecule has 1 aromatic heterocycles. The van der Waals surface area contributed by atoms with Crippen LogP contribution in [0.5, 0.6) is 5.75 Å². The number of halogens is 1. The molecule has 118 valence electrons. The van der Waals surface area contributed by atoms with Gasteiger partial charge in [-0.25, -0.2) is 9.37 Å². The van der Waals surface area contributed by atoms with Crippen LogP contribution in [0.15, 0.2) is 47.3 Å². The standard InChI is InChI=1S/C18H17FN2O2/c1-2-3-10-23-16-9-8-12(11-14(16)19)17-20-15-7-5-4-6-13(15)18(22)21-17/h4-9,11H,2-3,10H2,1H3,(H,20,21,22). The van der Waals surface area contributed by atoms with Crippen molar-refractivity contribution in [1.29, 1.82) is 0 Å². The number of hydrogen-bond acceptors (Lipinski definition) is 3. The highest BCUT2D eigenvalue weighted by Gasteiger charge is 2.09. The van der Waals surface area contributed by atoms with Crippen molar-refractivity contribution >= 4 is 10.9 Å². The zero-order valence-electron chi connectivity index (χ0n) is 12.8. The van der Waals surface area contributed by atoms with Crippen molar-refractivity contribution in [2.24, 2.45) is 0 Å². The Bertz CT molecular complexity index is 890. The van der Waals surface area contributed by atoms with Gasteiger partial charge in [0.15, 0.2) is 11.6 Å². The van der Waals surface area contributed by atoms with Crippen molar-refractivity contribution in [1.82, 2.24) is 9.97 Å². The van der Waals surface area contributed by atoms with Gasteiger partial charge in [0.1, 0.15) is 5.82 Å². The Balaban J connectivity index is 1.96. The van der Waals surface area contributed by atoms with Crippen LogP contribution in [0.2, 0.25) is 0 Å². The maximum Gasteiger partial charge on any atom is 0.259 e. The second kappa shape index (κ2) is 6.60. The SMILES string of the molecule is CCCCOc1ccc(-c2nc3ccccc3c(=O)[nH]2)cc1F. The maximum atomic E-state index is 14.1. The minimum absolute atomic E-state index is 0.213. The molecule has 0 saturated carbocycles. The fourth-order valence-electron chi connectivity index (χ4n) is 2.31. The summed E-state index contributed by atoms with van der Waals surface area (Å²) in [5.41, 5.74) is 0.845. The van der Waals surface area contributed by atoms with Crippen molar-refractivity contribution in [3.63, 3.8) is 0 Å². The first-order valence-electron chi connectivity index (χ1n) is 7.61. The summed E-state index contributed by atoms with van der Waals surface area (Å²) >= 11 is 0. The van der Waals surface area contributed by atoms with Crippen molar-refractivity contribution in [3.05, 3.63) is 58.6 Å². The molecule has 0 bridgehead atoms. The maximum absolute atomic E-state index is 14.1. The van der Waals surface area contributed by atoms with Gasteiger partial charge in [-0.15, -0.1) is 0 Å². The normalized spacial score (nSPS) is 10.9. The van der Waals surface area contributed by atoms with Crippen molar-refractivity contribution in [2.75, 3.05) is 6.61 Å². The average Bonchev–Trinajstić information content (AvgIpc) is 2.56. The minimum Gasteiger partial charge on any atom is -0.491 e. The van der Waals surface area contributed by atoms with Crippen LogP contribution in [-0.2, 0) is 0 Å². The molecule has 23 heavy (non-hydrogen) atoms. The smallest absolute Gasteiger partial charge is 0.259 e. The summed E-state index contributed by atoms with van der Waals surface area (Å²) in [6.45, 7) is 2.53. The second-order valence-electron chi connectivity index (χ2n) is 5.28. The van der Waals surface area contributed by atoms with E-state index >= 15 is 0 Å². The van der Waals surface area contributed by atoms with Crippen LogP contribution in [0.3, 0.4) is 0 Å². The molecule has 0 amide bonds. The Morgan fingerprint density at radius 3 is 2.83 bits per heavy atom. The van der Waals surface area contributed by atoms with Crippen molar-refractivity contribution in [3.8, 4) is 17.1 Å². The molecule has 0 saturated heterocycles.